The molecule has 0 radical (unpaired) electrons. The van der Waals surface area contributed by atoms with Crippen molar-refractivity contribution in [2.75, 3.05) is 7.11 Å². The number of aromatic nitrogens is 2. The van der Waals surface area contributed by atoms with Crippen LogP contribution in [0.1, 0.15) is 30.3 Å². The second-order valence-corrected chi connectivity index (χ2v) is 5.40. The topological polar surface area (TPSA) is 61.0 Å². The van der Waals surface area contributed by atoms with Crippen molar-refractivity contribution in [2.24, 2.45) is 5.73 Å². The number of ether oxygens (including phenoxy) is 1. The maximum Gasteiger partial charge on any atom is 0.163 e. The van der Waals surface area contributed by atoms with Gasteiger partial charge in [0.05, 0.1) is 12.7 Å². The Balaban J connectivity index is 2.44. The average molecular weight is 285 g/mol. The van der Waals surface area contributed by atoms with Crippen LogP contribution in [0.25, 0.3) is 11.4 Å². The molecular weight excluding hydrogens is 262 g/mol. The van der Waals surface area contributed by atoms with Crippen LogP contribution >= 0.6 is 0 Å². The maximum absolute atomic E-state index is 6.03. The van der Waals surface area contributed by atoms with Crippen LogP contribution in [0.4, 0.5) is 0 Å². The molecule has 0 aliphatic heterocycles. The van der Waals surface area contributed by atoms with Crippen molar-refractivity contribution in [2.45, 2.75) is 39.7 Å². The number of methoxy groups -OCH3 is 1. The summed E-state index contributed by atoms with van der Waals surface area (Å²) in [4.78, 5) is 9.20. The SMILES string of the molecule is CCC(N)Cc1cc(C)nc(-c2ccc(C)cc2OC)n1. The van der Waals surface area contributed by atoms with Gasteiger partial charge in [0.25, 0.3) is 0 Å². The minimum atomic E-state index is 0.132. The largest absolute Gasteiger partial charge is 0.496 e. The summed E-state index contributed by atoms with van der Waals surface area (Å²) >= 11 is 0. The Morgan fingerprint density at radius 2 is 1.95 bits per heavy atom. The van der Waals surface area contributed by atoms with Crippen LogP contribution in [-0.4, -0.2) is 23.1 Å². The number of benzene rings is 1. The number of hydrogen-bond donors (Lipinski definition) is 1. The summed E-state index contributed by atoms with van der Waals surface area (Å²) in [6.45, 7) is 6.10. The van der Waals surface area contributed by atoms with E-state index in [0.29, 0.717) is 5.82 Å². The zero-order valence-corrected chi connectivity index (χ0v) is 13.2. The van der Waals surface area contributed by atoms with Gasteiger partial charge in [-0.15, -0.1) is 0 Å². The lowest BCUT2D eigenvalue weighted by Crippen LogP contribution is -2.22. The van der Waals surface area contributed by atoms with Crippen LogP contribution in [0.3, 0.4) is 0 Å². The van der Waals surface area contributed by atoms with Gasteiger partial charge in [-0.05, 0) is 44.0 Å². The Morgan fingerprint density at radius 3 is 2.62 bits per heavy atom. The molecule has 0 fully saturated rings. The summed E-state index contributed by atoms with van der Waals surface area (Å²) in [5, 5.41) is 0. The van der Waals surface area contributed by atoms with Gasteiger partial charge in [-0.2, -0.15) is 0 Å². The molecule has 21 heavy (non-hydrogen) atoms. The highest BCUT2D eigenvalue weighted by Gasteiger charge is 2.12. The number of aryl methyl sites for hydroxylation is 2. The highest BCUT2D eigenvalue weighted by Crippen LogP contribution is 2.28. The molecule has 0 aliphatic rings. The molecule has 4 nitrogen and oxygen atoms in total. The van der Waals surface area contributed by atoms with Crippen molar-refractivity contribution < 1.29 is 4.74 Å². The molecule has 1 atom stereocenters. The number of nitrogens with two attached hydrogens (primary N) is 1. The molecule has 0 aliphatic carbocycles. The van der Waals surface area contributed by atoms with E-state index in [1.54, 1.807) is 7.11 Å². The average Bonchev–Trinajstić information content (AvgIpc) is 2.46. The first-order chi connectivity index (χ1) is 10.0. The minimum absolute atomic E-state index is 0.132. The summed E-state index contributed by atoms with van der Waals surface area (Å²) in [6.07, 6.45) is 1.70. The highest BCUT2D eigenvalue weighted by atomic mass is 16.5. The first kappa shape index (κ1) is 15.4. The predicted octanol–water partition coefficient (Wildman–Crippen LogP) is 3.05. The third-order valence-electron chi connectivity index (χ3n) is 3.50. The Kier molecular flexibility index (Phi) is 4.91. The molecule has 0 spiro atoms. The first-order valence-electron chi connectivity index (χ1n) is 7.28. The third-order valence-corrected chi connectivity index (χ3v) is 3.50. The second kappa shape index (κ2) is 6.68. The van der Waals surface area contributed by atoms with Gasteiger partial charge >= 0.3 is 0 Å². The molecule has 2 aromatic rings. The third kappa shape index (κ3) is 3.79. The lowest BCUT2D eigenvalue weighted by atomic mass is 10.1. The van der Waals surface area contributed by atoms with Crippen molar-refractivity contribution >= 4 is 0 Å². The van der Waals surface area contributed by atoms with E-state index < -0.39 is 0 Å². The molecule has 0 bridgehead atoms. The summed E-state index contributed by atoms with van der Waals surface area (Å²) in [5.74, 6) is 1.50. The van der Waals surface area contributed by atoms with Crippen LogP contribution in [0.5, 0.6) is 5.75 Å². The highest BCUT2D eigenvalue weighted by molar-refractivity contribution is 5.65. The molecule has 1 aromatic carbocycles. The molecule has 1 unspecified atom stereocenters. The van der Waals surface area contributed by atoms with Gasteiger partial charge in [-0.3, -0.25) is 0 Å². The van der Waals surface area contributed by atoms with Gasteiger partial charge < -0.3 is 10.5 Å². The Labute approximate surface area is 126 Å². The second-order valence-electron chi connectivity index (χ2n) is 5.40. The monoisotopic (exact) mass is 285 g/mol. The first-order valence-corrected chi connectivity index (χ1v) is 7.28. The van der Waals surface area contributed by atoms with E-state index in [1.165, 1.54) is 0 Å². The number of hydrogen-bond acceptors (Lipinski definition) is 4. The molecule has 2 N–H and O–H groups in total. The van der Waals surface area contributed by atoms with Crippen LogP contribution in [0.2, 0.25) is 0 Å². The lowest BCUT2D eigenvalue weighted by molar-refractivity contribution is 0.416. The Hall–Kier alpha value is -1.94. The number of nitrogens with zero attached hydrogens (tertiary/aromatic N) is 2. The molecule has 2 rings (SSSR count). The minimum Gasteiger partial charge on any atom is -0.496 e. The molecule has 1 aromatic heterocycles. The van der Waals surface area contributed by atoms with Crippen molar-refractivity contribution in [1.29, 1.82) is 0 Å². The van der Waals surface area contributed by atoms with Gasteiger partial charge in [-0.25, -0.2) is 9.97 Å². The molecule has 4 heteroatoms. The molecule has 0 saturated carbocycles. The maximum atomic E-state index is 6.03. The summed E-state index contributed by atoms with van der Waals surface area (Å²) in [7, 11) is 1.67. The van der Waals surface area contributed by atoms with Crippen LogP contribution in [0.15, 0.2) is 24.3 Å². The van der Waals surface area contributed by atoms with Crippen molar-refractivity contribution in [3.8, 4) is 17.1 Å². The van der Waals surface area contributed by atoms with E-state index in [1.807, 2.05) is 38.1 Å². The number of rotatable bonds is 5. The fourth-order valence-electron chi connectivity index (χ4n) is 2.25. The van der Waals surface area contributed by atoms with Gasteiger partial charge in [0.15, 0.2) is 5.82 Å². The Morgan fingerprint density at radius 1 is 1.19 bits per heavy atom. The van der Waals surface area contributed by atoms with E-state index in [4.69, 9.17) is 10.5 Å². The van der Waals surface area contributed by atoms with E-state index in [9.17, 15) is 0 Å². The van der Waals surface area contributed by atoms with E-state index in [-0.39, 0.29) is 6.04 Å². The summed E-state index contributed by atoms with van der Waals surface area (Å²) in [6, 6.07) is 8.18. The zero-order chi connectivity index (χ0) is 15.4. The van der Waals surface area contributed by atoms with Gasteiger partial charge in [0.2, 0.25) is 0 Å². The van der Waals surface area contributed by atoms with Crippen LogP contribution < -0.4 is 10.5 Å². The Bertz CT molecular complexity index is 625. The molecule has 1 heterocycles. The van der Waals surface area contributed by atoms with Crippen LogP contribution in [0, 0.1) is 13.8 Å². The quantitative estimate of drug-likeness (QED) is 0.917. The van der Waals surface area contributed by atoms with Gasteiger partial charge in [0.1, 0.15) is 5.75 Å². The molecular formula is C17H23N3O. The summed E-state index contributed by atoms with van der Waals surface area (Å²) < 4.78 is 5.46. The van der Waals surface area contributed by atoms with Gasteiger partial charge in [0, 0.05) is 23.9 Å². The zero-order valence-electron chi connectivity index (χ0n) is 13.2. The predicted molar refractivity (Wildman–Crippen MR) is 85.5 cm³/mol. The molecule has 0 amide bonds. The fraction of sp³-hybridized carbons (Fsp3) is 0.412. The fourth-order valence-corrected chi connectivity index (χ4v) is 2.25. The van der Waals surface area contributed by atoms with E-state index >= 15 is 0 Å². The van der Waals surface area contributed by atoms with E-state index in [2.05, 4.69) is 16.9 Å². The summed E-state index contributed by atoms with van der Waals surface area (Å²) in [5.41, 5.74) is 10.0. The molecule has 112 valence electrons. The molecule has 0 saturated heterocycles. The van der Waals surface area contributed by atoms with Crippen molar-refractivity contribution in [3.05, 3.63) is 41.2 Å². The van der Waals surface area contributed by atoms with E-state index in [0.717, 1.165) is 41.1 Å². The van der Waals surface area contributed by atoms with Gasteiger partial charge in [-0.1, -0.05) is 13.0 Å². The van der Waals surface area contributed by atoms with Crippen molar-refractivity contribution in [1.82, 2.24) is 9.97 Å². The lowest BCUT2D eigenvalue weighted by Gasteiger charge is -2.12. The normalized spacial score (nSPS) is 12.2. The van der Waals surface area contributed by atoms with Crippen molar-refractivity contribution in [3.63, 3.8) is 0 Å². The smallest absolute Gasteiger partial charge is 0.163 e. The van der Waals surface area contributed by atoms with Crippen LogP contribution in [-0.2, 0) is 6.42 Å². The standard InChI is InChI=1S/C17H23N3O/c1-5-13(18)10-14-9-12(3)19-17(20-14)15-7-6-11(2)8-16(15)21-4/h6-9,13H,5,10,18H2,1-4H3.